The minimum absolute atomic E-state index is 0.0776. The third-order valence-electron chi connectivity index (χ3n) is 9.50. The molecule has 1 aliphatic rings. The number of primary amides is 1. The molecular formula is C40H49N5O9. The fourth-order valence-corrected chi connectivity index (χ4v) is 6.72. The third kappa shape index (κ3) is 11.4. The summed E-state index contributed by atoms with van der Waals surface area (Å²) in [7, 11) is 1.43. The van der Waals surface area contributed by atoms with Gasteiger partial charge in [0, 0.05) is 32.9 Å². The second-order valence-electron chi connectivity index (χ2n) is 13.4. The number of carbonyl (C=O) groups excluding carboxylic acids is 5. The van der Waals surface area contributed by atoms with Gasteiger partial charge in [-0.15, -0.1) is 0 Å². The predicted molar refractivity (Wildman–Crippen MR) is 199 cm³/mol. The quantitative estimate of drug-likeness (QED) is 0.112. The van der Waals surface area contributed by atoms with Crippen molar-refractivity contribution in [1.29, 1.82) is 0 Å². The summed E-state index contributed by atoms with van der Waals surface area (Å²) in [5.41, 5.74) is 7.34. The Morgan fingerprint density at radius 2 is 1.41 bits per heavy atom. The van der Waals surface area contributed by atoms with Crippen molar-refractivity contribution < 1.29 is 43.7 Å². The topological polar surface area (TPSA) is 217 Å². The maximum Gasteiger partial charge on any atom is 0.326 e. The zero-order chi connectivity index (χ0) is 39.2. The number of likely N-dealkylation sites (tertiary alicyclic amines) is 1. The SMILES string of the molecule is CO[C@H]1CCCN(C(=O)[C@@H](NC(=O)[C@H](Cc2ccccc2)NC(=O)C(c2ccccc2)c2ccccc2)[C@H](C)O)[C@H]1CC(=O)N[C@@H](CCC(N)=O)C(=O)O. The lowest BCUT2D eigenvalue weighted by Gasteiger charge is -2.42. The summed E-state index contributed by atoms with van der Waals surface area (Å²) in [4.78, 5) is 80.1. The Balaban J connectivity index is 1.58. The minimum Gasteiger partial charge on any atom is -0.480 e. The minimum atomic E-state index is -1.48. The number of nitrogens with two attached hydrogens (primary N) is 1. The van der Waals surface area contributed by atoms with E-state index < -0.39 is 77.8 Å². The summed E-state index contributed by atoms with van der Waals surface area (Å²) in [6, 6.07) is 22.5. The van der Waals surface area contributed by atoms with Crippen LogP contribution in [0.15, 0.2) is 91.0 Å². The van der Waals surface area contributed by atoms with Gasteiger partial charge in [-0.1, -0.05) is 91.0 Å². The van der Waals surface area contributed by atoms with E-state index in [1.54, 1.807) is 12.1 Å². The number of ether oxygens (including phenoxy) is 1. The average Bonchev–Trinajstić information content (AvgIpc) is 3.16. The van der Waals surface area contributed by atoms with Crippen molar-refractivity contribution in [3.8, 4) is 0 Å². The number of nitrogens with zero attached hydrogens (tertiary/aromatic N) is 1. The van der Waals surface area contributed by atoms with Crippen molar-refractivity contribution in [1.82, 2.24) is 20.9 Å². The number of carboxylic acids is 1. The summed E-state index contributed by atoms with van der Waals surface area (Å²) in [5, 5.41) is 28.5. The maximum absolute atomic E-state index is 14.2. The summed E-state index contributed by atoms with van der Waals surface area (Å²) >= 11 is 0. The number of piperidine rings is 1. The first-order valence-electron chi connectivity index (χ1n) is 18.0. The molecule has 5 amide bonds. The maximum atomic E-state index is 14.2. The van der Waals surface area contributed by atoms with Gasteiger partial charge in [-0.05, 0) is 42.9 Å². The van der Waals surface area contributed by atoms with Gasteiger partial charge >= 0.3 is 5.97 Å². The van der Waals surface area contributed by atoms with E-state index in [0.717, 1.165) is 5.56 Å². The number of carboxylic acid groups (broad SMARTS) is 1. The van der Waals surface area contributed by atoms with Crippen LogP contribution < -0.4 is 21.7 Å². The molecule has 7 N–H and O–H groups in total. The molecule has 0 saturated carbocycles. The number of methoxy groups -OCH3 is 1. The van der Waals surface area contributed by atoms with Gasteiger partial charge in [0.15, 0.2) is 0 Å². The van der Waals surface area contributed by atoms with Crippen LogP contribution in [0.5, 0.6) is 0 Å². The normalized spacial score (nSPS) is 17.7. The number of rotatable bonds is 18. The number of aliphatic hydroxyl groups is 1. The van der Waals surface area contributed by atoms with Gasteiger partial charge in [-0.25, -0.2) is 4.79 Å². The third-order valence-corrected chi connectivity index (χ3v) is 9.50. The van der Waals surface area contributed by atoms with Crippen LogP contribution >= 0.6 is 0 Å². The van der Waals surface area contributed by atoms with E-state index in [4.69, 9.17) is 10.5 Å². The van der Waals surface area contributed by atoms with Gasteiger partial charge in [-0.2, -0.15) is 0 Å². The molecule has 288 valence electrons. The molecule has 1 saturated heterocycles. The smallest absolute Gasteiger partial charge is 0.326 e. The molecule has 1 fully saturated rings. The molecule has 0 bridgehead atoms. The highest BCUT2D eigenvalue weighted by Crippen LogP contribution is 2.26. The van der Waals surface area contributed by atoms with Crippen LogP contribution in [0.3, 0.4) is 0 Å². The van der Waals surface area contributed by atoms with Crippen molar-refractivity contribution >= 4 is 35.5 Å². The Morgan fingerprint density at radius 3 is 1.93 bits per heavy atom. The van der Waals surface area contributed by atoms with Crippen LogP contribution in [0.1, 0.15) is 61.6 Å². The zero-order valence-electron chi connectivity index (χ0n) is 30.4. The lowest BCUT2D eigenvalue weighted by atomic mass is 9.90. The molecule has 14 heteroatoms. The number of aliphatic carboxylic acids is 1. The Labute approximate surface area is 314 Å². The average molecular weight is 744 g/mol. The van der Waals surface area contributed by atoms with E-state index in [-0.39, 0.29) is 32.2 Å². The molecule has 14 nitrogen and oxygen atoms in total. The molecule has 0 aliphatic carbocycles. The van der Waals surface area contributed by atoms with Gasteiger partial charge in [0.1, 0.15) is 18.1 Å². The summed E-state index contributed by atoms with van der Waals surface area (Å²) < 4.78 is 5.63. The first kappa shape index (κ1) is 41.2. The number of benzene rings is 3. The molecule has 0 radical (unpaired) electrons. The molecule has 0 spiro atoms. The Bertz CT molecular complexity index is 1690. The molecule has 3 aromatic carbocycles. The standard InChI is InChI=1S/C40H49N5O9/c1-25(46)36(39(51)45-22-12-19-32(54-2)31(45)24-34(48)42-29(40(52)53)20-21-33(41)47)44-37(49)30(23-26-13-6-3-7-14-26)43-38(50)35(27-15-8-4-9-16-27)28-17-10-5-11-18-28/h3-11,13-18,25,29-32,35-36,46H,12,19-24H2,1-2H3,(H2,41,47)(H,42,48)(H,43,50)(H,44,49)(H,52,53)/t25-,29-,30-,31-,32-,36-/m0/s1. The molecule has 3 aromatic rings. The van der Waals surface area contributed by atoms with E-state index >= 15 is 0 Å². The van der Waals surface area contributed by atoms with E-state index in [2.05, 4.69) is 16.0 Å². The van der Waals surface area contributed by atoms with Crippen molar-refractivity contribution in [2.45, 2.75) is 87.7 Å². The summed E-state index contributed by atoms with van der Waals surface area (Å²) in [6.07, 6.45) is -1.77. The molecule has 6 atom stereocenters. The highest BCUT2D eigenvalue weighted by molar-refractivity contribution is 5.95. The van der Waals surface area contributed by atoms with E-state index in [1.807, 2.05) is 78.9 Å². The van der Waals surface area contributed by atoms with Gasteiger partial charge < -0.3 is 41.5 Å². The Kier molecular flexibility index (Phi) is 15.3. The van der Waals surface area contributed by atoms with Crippen molar-refractivity contribution in [3.63, 3.8) is 0 Å². The van der Waals surface area contributed by atoms with Crippen LogP contribution in [0, 0.1) is 0 Å². The van der Waals surface area contributed by atoms with Crippen LogP contribution in [-0.2, 0) is 39.9 Å². The van der Waals surface area contributed by atoms with Crippen LogP contribution in [-0.4, -0.2) is 101 Å². The van der Waals surface area contributed by atoms with Gasteiger partial charge in [0.25, 0.3) is 0 Å². The van der Waals surface area contributed by atoms with Gasteiger partial charge in [0.05, 0.1) is 24.2 Å². The lowest BCUT2D eigenvalue weighted by Crippen LogP contribution is -2.62. The zero-order valence-corrected chi connectivity index (χ0v) is 30.4. The highest BCUT2D eigenvalue weighted by atomic mass is 16.5. The molecule has 4 rings (SSSR count). The summed E-state index contributed by atoms with van der Waals surface area (Å²) in [6.45, 7) is 1.52. The molecule has 54 heavy (non-hydrogen) atoms. The van der Waals surface area contributed by atoms with Gasteiger partial charge in [0.2, 0.25) is 29.5 Å². The lowest BCUT2D eigenvalue weighted by molar-refractivity contribution is -0.149. The van der Waals surface area contributed by atoms with Gasteiger partial charge in [-0.3, -0.25) is 24.0 Å². The second kappa shape index (κ2) is 20.0. The Hall–Kier alpha value is -5.60. The number of carbonyl (C=O) groups is 6. The molecule has 0 aromatic heterocycles. The van der Waals surface area contributed by atoms with E-state index in [0.29, 0.717) is 24.0 Å². The number of amides is 5. The largest absolute Gasteiger partial charge is 0.480 e. The first-order valence-corrected chi connectivity index (χ1v) is 18.0. The molecule has 0 unspecified atom stereocenters. The highest BCUT2D eigenvalue weighted by Gasteiger charge is 2.41. The predicted octanol–water partition coefficient (Wildman–Crippen LogP) is 1.64. The van der Waals surface area contributed by atoms with Crippen molar-refractivity contribution in [3.05, 3.63) is 108 Å². The van der Waals surface area contributed by atoms with Crippen LogP contribution in [0.4, 0.5) is 0 Å². The van der Waals surface area contributed by atoms with Crippen molar-refractivity contribution in [2.75, 3.05) is 13.7 Å². The van der Waals surface area contributed by atoms with E-state index in [9.17, 15) is 39.0 Å². The number of nitrogens with one attached hydrogen (secondary N) is 3. The second-order valence-corrected chi connectivity index (χ2v) is 13.4. The van der Waals surface area contributed by atoms with Crippen LogP contribution in [0.25, 0.3) is 0 Å². The number of aliphatic hydroxyl groups excluding tert-OH is 1. The summed E-state index contributed by atoms with van der Waals surface area (Å²) in [5.74, 6) is -5.36. The molecular weight excluding hydrogens is 694 g/mol. The fraction of sp³-hybridized carbons (Fsp3) is 0.400. The fourth-order valence-electron chi connectivity index (χ4n) is 6.72. The number of hydrogen-bond acceptors (Lipinski definition) is 8. The van der Waals surface area contributed by atoms with Crippen LogP contribution in [0.2, 0.25) is 0 Å². The Morgan fingerprint density at radius 1 is 0.833 bits per heavy atom. The first-order chi connectivity index (χ1) is 25.9. The van der Waals surface area contributed by atoms with E-state index in [1.165, 1.54) is 18.9 Å². The monoisotopic (exact) mass is 743 g/mol. The van der Waals surface area contributed by atoms with Crippen molar-refractivity contribution in [2.24, 2.45) is 5.73 Å². The molecule has 1 aliphatic heterocycles. The number of hydrogen-bond donors (Lipinski definition) is 6. The molecule has 1 heterocycles.